The summed E-state index contributed by atoms with van der Waals surface area (Å²) < 4.78 is 41.6. The lowest BCUT2D eigenvalue weighted by Gasteiger charge is -2.22. The van der Waals surface area contributed by atoms with E-state index in [-0.39, 0.29) is 33.9 Å². The van der Waals surface area contributed by atoms with E-state index in [1.807, 2.05) is 0 Å². The summed E-state index contributed by atoms with van der Waals surface area (Å²) in [4.78, 5) is 31.7. The normalized spacial score (nSPS) is 13.8. The van der Waals surface area contributed by atoms with E-state index < -0.39 is 28.9 Å². The van der Waals surface area contributed by atoms with Gasteiger partial charge in [0, 0.05) is 25.2 Å². The highest BCUT2D eigenvalue weighted by Gasteiger charge is 2.22. The first-order valence-corrected chi connectivity index (χ1v) is 9.61. The second kappa shape index (κ2) is 7.98. The molecule has 0 aliphatic carbocycles. The van der Waals surface area contributed by atoms with Crippen molar-refractivity contribution in [2.75, 3.05) is 23.4 Å². The van der Waals surface area contributed by atoms with E-state index in [1.54, 1.807) is 4.90 Å². The molecule has 3 aromatic rings. The molecule has 6 nitrogen and oxygen atoms in total. The Morgan fingerprint density at radius 1 is 1.07 bits per heavy atom. The Morgan fingerprint density at radius 3 is 2.40 bits per heavy atom. The van der Waals surface area contributed by atoms with Gasteiger partial charge >= 0.3 is 0 Å². The summed E-state index contributed by atoms with van der Waals surface area (Å²) in [7, 11) is 0. The maximum absolute atomic E-state index is 13.9. The van der Waals surface area contributed by atoms with Gasteiger partial charge in [-0.25, -0.2) is 18.2 Å². The van der Waals surface area contributed by atoms with Crippen molar-refractivity contribution >= 4 is 34.4 Å². The molecule has 1 aromatic heterocycles. The summed E-state index contributed by atoms with van der Waals surface area (Å²) in [6, 6.07) is 5.00. The van der Waals surface area contributed by atoms with Crippen LogP contribution in [0.1, 0.15) is 18.4 Å². The van der Waals surface area contributed by atoms with Gasteiger partial charge in [-0.3, -0.25) is 15.0 Å². The molecule has 2 heterocycles. The van der Waals surface area contributed by atoms with Gasteiger partial charge in [0.25, 0.3) is 5.56 Å². The SMILES string of the molecule is O=C(Cc1cc(F)cc(F)c1)Nn1c(N2CCCC2)nc2cc(F)c(Cl)cc2c1=O. The quantitative estimate of drug-likeness (QED) is 0.681. The van der Waals surface area contributed by atoms with Crippen LogP contribution in [0, 0.1) is 17.5 Å². The average Bonchev–Trinajstić information content (AvgIpc) is 3.19. The van der Waals surface area contributed by atoms with Crippen molar-refractivity contribution in [3.8, 4) is 0 Å². The van der Waals surface area contributed by atoms with Gasteiger partial charge in [-0.05, 0) is 36.6 Å². The van der Waals surface area contributed by atoms with E-state index >= 15 is 0 Å². The van der Waals surface area contributed by atoms with E-state index in [9.17, 15) is 22.8 Å². The standard InChI is InChI=1S/C20H16ClF3N4O2/c21-15-9-14-17(10-16(15)24)25-20(27-3-1-2-4-27)28(19(14)30)26-18(29)7-11-5-12(22)8-13(23)6-11/h5-6,8-10H,1-4,7H2,(H,26,29). The Balaban J connectivity index is 1.74. The van der Waals surface area contributed by atoms with Crippen molar-refractivity contribution in [3.05, 3.63) is 68.7 Å². The molecule has 1 fully saturated rings. The second-order valence-corrected chi connectivity index (χ2v) is 7.43. The number of nitrogens with one attached hydrogen (secondary N) is 1. The molecule has 1 N–H and O–H groups in total. The van der Waals surface area contributed by atoms with E-state index in [2.05, 4.69) is 10.4 Å². The monoisotopic (exact) mass is 436 g/mol. The van der Waals surface area contributed by atoms with Crippen LogP contribution in [0.5, 0.6) is 0 Å². The smallest absolute Gasteiger partial charge is 0.281 e. The van der Waals surface area contributed by atoms with Gasteiger partial charge in [-0.15, -0.1) is 0 Å². The van der Waals surface area contributed by atoms with E-state index in [0.29, 0.717) is 19.2 Å². The molecule has 10 heteroatoms. The number of hydrogen-bond acceptors (Lipinski definition) is 4. The van der Waals surface area contributed by atoms with Crippen molar-refractivity contribution in [2.24, 2.45) is 0 Å². The van der Waals surface area contributed by atoms with E-state index in [0.717, 1.165) is 41.8 Å². The molecular weight excluding hydrogens is 421 g/mol. The third-order valence-electron chi connectivity index (χ3n) is 4.80. The van der Waals surface area contributed by atoms with Crippen LogP contribution >= 0.6 is 11.6 Å². The first kappa shape index (κ1) is 20.2. The van der Waals surface area contributed by atoms with Crippen LogP contribution in [0.2, 0.25) is 5.02 Å². The van der Waals surface area contributed by atoms with Crippen LogP contribution in [0.3, 0.4) is 0 Å². The van der Waals surface area contributed by atoms with Gasteiger partial charge in [-0.2, -0.15) is 4.68 Å². The number of carbonyl (C=O) groups excluding carboxylic acids is 1. The van der Waals surface area contributed by atoms with Crippen LogP contribution in [0.4, 0.5) is 19.1 Å². The second-order valence-electron chi connectivity index (χ2n) is 7.02. The molecule has 30 heavy (non-hydrogen) atoms. The topological polar surface area (TPSA) is 67.2 Å². The number of halogens is 4. The van der Waals surface area contributed by atoms with Gasteiger partial charge in [0.1, 0.15) is 17.5 Å². The summed E-state index contributed by atoms with van der Waals surface area (Å²) in [5.41, 5.74) is 2.04. The molecule has 1 aliphatic rings. The molecule has 0 saturated carbocycles. The summed E-state index contributed by atoms with van der Waals surface area (Å²) >= 11 is 5.80. The molecular formula is C20H16ClF3N4O2. The Hall–Kier alpha value is -3.07. The Morgan fingerprint density at radius 2 is 1.73 bits per heavy atom. The number of carbonyl (C=O) groups is 1. The number of fused-ring (bicyclic) bond motifs is 1. The lowest BCUT2D eigenvalue weighted by Crippen LogP contribution is -2.39. The van der Waals surface area contributed by atoms with Gasteiger partial charge in [0.2, 0.25) is 11.9 Å². The number of rotatable bonds is 4. The molecule has 156 valence electrons. The predicted octanol–water partition coefficient (Wildman–Crippen LogP) is 3.38. The summed E-state index contributed by atoms with van der Waals surface area (Å²) in [5.74, 6) is -2.84. The molecule has 1 amide bonds. The van der Waals surface area contributed by atoms with E-state index in [4.69, 9.17) is 11.6 Å². The highest BCUT2D eigenvalue weighted by atomic mass is 35.5. The number of hydrogen-bond donors (Lipinski definition) is 1. The zero-order valence-electron chi connectivity index (χ0n) is 15.6. The number of benzene rings is 2. The van der Waals surface area contributed by atoms with Gasteiger partial charge < -0.3 is 4.90 Å². The Kier molecular flexibility index (Phi) is 5.38. The van der Waals surface area contributed by atoms with Gasteiger partial charge in [-0.1, -0.05) is 11.6 Å². The molecule has 0 atom stereocenters. The fourth-order valence-corrected chi connectivity index (χ4v) is 3.63. The summed E-state index contributed by atoms with van der Waals surface area (Å²) in [6.07, 6.45) is 1.39. The third kappa shape index (κ3) is 3.97. The lowest BCUT2D eigenvalue weighted by molar-refractivity contribution is -0.116. The predicted molar refractivity (Wildman–Crippen MR) is 107 cm³/mol. The molecule has 0 radical (unpaired) electrons. The average molecular weight is 437 g/mol. The molecule has 2 aromatic carbocycles. The minimum absolute atomic E-state index is 0.0291. The minimum atomic E-state index is -0.809. The van der Waals surface area contributed by atoms with Crippen LogP contribution in [-0.4, -0.2) is 28.7 Å². The first-order valence-electron chi connectivity index (χ1n) is 9.23. The summed E-state index contributed by atoms with van der Waals surface area (Å²) in [6.45, 7) is 1.22. The fourth-order valence-electron chi connectivity index (χ4n) is 3.46. The zero-order chi connectivity index (χ0) is 21.4. The van der Waals surface area contributed by atoms with Crippen molar-refractivity contribution in [3.63, 3.8) is 0 Å². The first-order chi connectivity index (χ1) is 14.3. The minimum Gasteiger partial charge on any atom is -0.341 e. The largest absolute Gasteiger partial charge is 0.341 e. The highest BCUT2D eigenvalue weighted by Crippen LogP contribution is 2.23. The fraction of sp³-hybridized carbons (Fsp3) is 0.250. The Labute approximate surface area is 173 Å². The molecule has 1 saturated heterocycles. The molecule has 0 bridgehead atoms. The molecule has 0 spiro atoms. The van der Waals surface area contributed by atoms with Gasteiger partial charge in [0.15, 0.2) is 0 Å². The van der Waals surface area contributed by atoms with E-state index in [1.165, 1.54) is 0 Å². The van der Waals surface area contributed by atoms with Gasteiger partial charge in [0.05, 0.1) is 22.3 Å². The van der Waals surface area contributed by atoms with Crippen LogP contribution < -0.4 is 15.9 Å². The van der Waals surface area contributed by atoms with Crippen molar-refractivity contribution < 1.29 is 18.0 Å². The number of aromatic nitrogens is 2. The zero-order valence-corrected chi connectivity index (χ0v) is 16.3. The van der Waals surface area contributed by atoms with Crippen molar-refractivity contribution in [1.82, 2.24) is 9.66 Å². The number of nitrogens with zero attached hydrogens (tertiary/aromatic N) is 3. The molecule has 0 unspecified atom stereocenters. The maximum Gasteiger partial charge on any atom is 0.281 e. The van der Waals surface area contributed by atoms with Crippen LogP contribution in [0.15, 0.2) is 35.1 Å². The van der Waals surface area contributed by atoms with Crippen LogP contribution in [0.25, 0.3) is 10.9 Å². The molecule has 4 rings (SSSR count). The Bertz CT molecular complexity index is 1190. The third-order valence-corrected chi connectivity index (χ3v) is 5.09. The highest BCUT2D eigenvalue weighted by molar-refractivity contribution is 6.31. The number of anilines is 1. The molecule has 1 aliphatic heterocycles. The van der Waals surface area contributed by atoms with Crippen molar-refractivity contribution in [2.45, 2.75) is 19.3 Å². The van der Waals surface area contributed by atoms with Crippen molar-refractivity contribution in [1.29, 1.82) is 0 Å². The summed E-state index contributed by atoms with van der Waals surface area (Å²) in [5, 5.41) is -0.218. The maximum atomic E-state index is 13.9. The lowest BCUT2D eigenvalue weighted by atomic mass is 10.1. The number of amides is 1. The van der Waals surface area contributed by atoms with Crippen LogP contribution in [-0.2, 0) is 11.2 Å².